The number of halogens is 1. The normalized spacial score (nSPS) is 43.5. The molecular formula is C28H46ClNO2. The van der Waals surface area contributed by atoms with Crippen molar-refractivity contribution < 1.29 is 9.63 Å². The minimum Gasteiger partial charge on any atom is -0.302 e. The van der Waals surface area contributed by atoms with Crippen molar-refractivity contribution >= 4 is 22.7 Å². The van der Waals surface area contributed by atoms with E-state index >= 15 is 0 Å². The standard InChI is InChI=1S/C28H46ClNO2/c1-18(2)7-6-8-19(3)23-11-12-24-22-10-9-20-17-21(30-32-26(29)31)13-15-27(20,4)25(22)14-16-28(23,24)5/h18-20,22-25H,6-17H2,1-5H3/b30-21-/t19-,20?,22+,23-,24+,25+,27+,28-/m1/s1. The van der Waals surface area contributed by atoms with Crippen LogP contribution in [0.25, 0.3) is 0 Å². The molecule has 0 saturated heterocycles. The van der Waals surface area contributed by atoms with Gasteiger partial charge in [0.15, 0.2) is 0 Å². The average Bonchev–Trinajstić information content (AvgIpc) is 3.09. The van der Waals surface area contributed by atoms with Crippen molar-refractivity contribution in [3.63, 3.8) is 0 Å². The molecule has 8 atom stereocenters. The maximum atomic E-state index is 11.0. The van der Waals surface area contributed by atoms with E-state index in [1.807, 2.05) is 0 Å². The van der Waals surface area contributed by atoms with Crippen LogP contribution in [0.5, 0.6) is 0 Å². The number of hydrogen-bond acceptors (Lipinski definition) is 3. The van der Waals surface area contributed by atoms with Gasteiger partial charge in [0.1, 0.15) is 0 Å². The fourth-order valence-corrected chi connectivity index (χ4v) is 9.30. The summed E-state index contributed by atoms with van der Waals surface area (Å²) in [4.78, 5) is 15.7. The lowest BCUT2D eigenvalue weighted by Gasteiger charge is -2.60. The maximum Gasteiger partial charge on any atom is 0.429 e. The lowest BCUT2D eigenvalue weighted by Crippen LogP contribution is -2.53. The molecule has 0 heterocycles. The predicted molar refractivity (Wildman–Crippen MR) is 133 cm³/mol. The summed E-state index contributed by atoms with van der Waals surface area (Å²) >= 11 is 5.32. The third-order valence-electron chi connectivity index (χ3n) is 10.9. The van der Waals surface area contributed by atoms with Crippen LogP contribution in [0.15, 0.2) is 5.16 Å². The number of carbonyl (C=O) groups is 1. The number of rotatable bonds is 6. The van der Waals surface area contributed by atoms with Crippen molar-refractivity contribution in [2.45, 2.75) is 112 Å². The lowest BCUT2D eigenvalue weighted by molar-refractivity contribution is -0.105. The van der Waals surface area contributed by atoms with Crippen LogP contribution in [0.2, 0.25) is 0 Å². The fourth-order valence-electron chi connectivity index (χ4n) is 9.27. The quantitative estimate of drug-likeness (QED) is 0.224. The highest BCUT2D eigenvalue weighted by Crippen LogP contribution is 2.68. The van der Waals surface area contributed by atoms with Gasteiger partial charge in [-0.15, -0.1) is 0 Å². The van der Waals surface area contributed by atoms with E-state index in [0.29, 0.717) is 16.7 Å². The first-order valence-corrected chi connectivity index (χ1v) is 13.9. The molecule has 182 valence electrons. The highest BCUT2D eigenvalue weighted by molar-refractivity contribution is 6.61. The molecule has 0 radical (unpaired) electrons. The van der Waals surface area contributed by atoms with E-state index < -0.39 is 5.43 Å². The Morgan fingerprint density at radius 1 is 1.03 bits per heavy atom. The minimum absolute atomic E-state index is 0.426. The van der Waals surface area contributed by atoms with Crippen molar-refractivity contribution in [1.82, 2.24) is 0 Å². The molecule has 1 unspecified atom stereocenters. The number of hydrogen-bond donors (Lipinski definition) is 0. The number of fused-ring (bicyclic) bond motifs is 5. The maximum absolute atomic E-state index is 11.0. The van der Waals surface area contributed by atoms with Crippen LogP contribution in [0.4, 0.5) is 4.79 Å². The molecule has 4 heteroatoms. The number of oxime groups is 1. The molecule has 0 bridgehead atoms. The first-order valence-electron chi connectivity index (χ1n) is 13.6. The van der Waals surface area contributed by atoms with E-state index in [1.54, 1.807) is 0 Å². The predicted octanol–water partition coefficient (Wildman–Crippen LogP) is 8.84. The minimum atomic E-state index is -0.824. The first kappa shape index (κ1) is 24.6. The Hall–Kier alpha value is -0.570. The first-order chi connectivity index (χ1) is 15.1. The van der Waals surface area contributed by atoms with Crippen LogP contribution in [0, 0.1) is 52.3 Å². The summed E-state index contributed by atoms with van der Waals surface area (Å²) in [7, 11) is 0. The lowest BCUT2D eigenvalue weighted by atomic mass is 9.44. The molecule has 0 aromatic heterocycles. The largest absolute Gasteiger partial charge is 0.429 e. The van der Waals surface area contributed by atoms with E-state index in [0.717, 1.165) is 54.1 Å². The highest BCUT2D eigenvalue weighted by atomic mass is 35.5. The fraction of sp³-hybridized carbons (Fsp3) is 0.929. The molecule has 0 aromatic rings. The van der Waals surface area contributed by atoms with Crippen molar-refractivity contribution in [2.24, 2.45) is 57.4 Å². The summed E-state index contributed by atoms with van der Waals surface area (Å²) in [5.74, 6) is 6.05. The van der Waals surface area contributed by atoms with Gasteiger partial charge in [0.05, 0.1) is 5.71 Å². The Morgan fingerprint density at radius 3 is 2.50 bits per heavy atom. The average molecular weight is 464 g/mol. The van der Waals surface area contributed by atoms with Gasteiger partial charge in [0, 0.05) is 11.6 Å². The van der Waals surface area contributed by atoms with Gasteiger partial charge >= 0.3 is 5.43 Å². The third-order valence-corrected chi connectivity index (χ3v) is 11.0. The van der Waals surface area contributed by atoms with Gasteiger partial charge in [0.2, 0.25) is 0 Å². The second-order valence-corrected chi connectivity index (χ2v) is 13.2. The monoisotopic (exact) mass is 463 g/mol. The van der Waals surface area contributed by atoms with Crippen LogP contribution >= 0.6 is 11.6 Å². The van der Waals surface area contributed by atoms with Crippen LogP contribution in [0.1, 0.15) is 112 Å². The molecule has 3 nitrogen and oxygen atoms in total. The second-order valence-electron chi connectivity index (χ2n) is 12.9. The molecular weight excluding hydrogens is 418 g/mol. The van der Waals surface area contributed by atoms with Crippen molar-refractivity contribution in [3.05, 3.63) is 0 Å². The van der Waals surface area contributed by atoms with Gasteiger partial charge in [-0.1, -0.05) is 59.0 Å². The molecule has 4 saturated carbocycles. The summed E-state index contributed by atoms with van der Waals surface area (Å²) in [5.41, 5.74) is 1.21. The second kappa shape index (κ2) is 9.59. The summed E-state index contributed by atoms with van der Waals surface area (Å²) in [6.45, 7) is 12.6. The highest BCUT2D eigenvalue weighted by Gasteiger charge is 2.60. The molecule has 4 aliphatic rings. The van der Waals surface area contributed by atoms with Crippen molar-refractivity contribution in [1.29, 1.82) is 0 Å². The molecule has 4 aliphatic carbocycles. The van der Waals surface area contributed by atoms with Crippen LogP contribution in [0.3, 0.4) is 0 Å². The molecule has 0 aliphatic heterocycles. The molecule has 4 fully saturated rings. The molecule has 0 spiro atoms. The topological polar surface area (TPSA) is 38.7 Å². The van der Waals surface area contributed by atoms with Gasteiger partial charge in [-0.2, -0.15) is 0 Å². The summed E-state index contributed by atoms with van der Waals surface area (Å²) in [6, 6.07) is 0. The smallest absolute Gasteiger partial charge is 0.302 e. The number of carbonyl (C=O) groups excluding carboxylic acids is 1. The zero-order chi connectivity index (χ0) is 23.1. The van der Waals surface area contributed by atoms with E-state index in [9.17, 15) is 4.79 Å². The molecule has 0 N–H and O–H groups in total. The SMILES string of the molecule is CC(C)CCC[C@@H](C)[C@H]1CC[C@H]2[C@@H]3CCC4C/C(=N\OC(=O)Cl)CC[C@]4(C)[C@H]3CC[C@]12C. The van der Waals surface area contributed by atoms with E-state index in [2.05, 4.69) is 39.8 Å². The molecule has 4 rings (SSSR count). The third kappa shape index (κ3) is 4.53. The molecule has 0 amide bonds. The summed E-state index contributed by atoms with van der Waals surface area (Å²) in [6.07, 6.45) is 15.8. The van der Waals surface area contributed by atoms with E-state index in [-0.39, 0.29) is 0 Å². The van der Waals surface area contributed by atoms with Gasteiger partial charge in [-0.3, -0.25) is 0 Å². The zero-order valence-corrected chi connectivity index (χ0v) is 21.9. The van der Waals surface area contributed by atoms with Crippen molar-refractivity contribution in [3.8, 4) is 0 Å². The van der Waals surface area contributed by atoms with Crippen LogP contribution < -0.4 is 0 Å². The van der Waals surface area contributed by atoms with Gasteiger partial charge < -0.3 is 4.84 Å². The summed E-state index contributed by atoms with van der Waals surface area (Å²) in [5, 5.41) is 4.07. The van der Waals surface area contributed by atoms with E-state index in [4.69, 9.17) is 16.4 Å². The van der Waals surface area contributed by atoms with Crippen molar-refractivity contribution in [2.75, 3.05) is 0 Å². The Bertz CT molecular complexity index is 720. The van der Waals surface area contributed by atoms with Crippen LogP contribution in [-0.2, 0) is 4.84 Å². The molecule has 32 heavy (non-hydrogen) atoms. The Morgan fingerprint density at radius 2 is 1.78 bits per heavy atom. The van der Waals surface area contributed by atoms with Crippen LogP contribution in [-0.4, -0.2) is 11.1 Å². The van der Waals surface area contributed by atoms with Gasteiger partial charge in [-0.25, -0.2) is 4.79 Å². The van der Waals surface area contributed by atoms with Gasteiger partial charge in [0.25, 0.3) is 0 Å². The zero-order valence-electron chi connectivity index (χ0n) is 21.2. The Labute approximate surface area is 201 Å². The Balaban J connectivity index is 1.43. The molecule has 0 aromatic carbocycles. The van der Waals surface area contributed by atoms with E-state index in [1.165, 1.54) is 64.2 Å². The van der Waals surface area contributed by atoms with Gasteiger partial charge in [-0.05, 0) is 110 Å². The number of nitrogens with zero attached hydrogens (tertiary/aromatic N) is 1. The summed E-state index contributed by atoms with van der Waals surface area (Å²) < 4.78 is 0. The Kier molecular flexibility index (Phi) is 7.36.